The van der Waals surface area contributed by atoms with Gasteiger partial charge in [0.15, 0.2) is 0 Å². The van der Waals surface area contributed by atoms with E-state index in [1.54, 1.807) is 0 Å². The molecular weight excluding hydrogens is 336 g/mol. The van der Waals surface area contributed by atoms with Gasteiger partial charge >= 0.3 is 0 Å². The van der Waals surface area contributed by atoms with E-state index in [-0.39, 0.29) is 23.0 Å². The standard InChI is InChI=1S/C8H20NO.C7H13NO2.BrH/c1-4-9(5-2,6-3)7-8-10;9-7(10)8-6-4-2-1-3-5-6;/h10H,4-8H2,1-3H3;6,8H,1-5H2,(H,9,10);1H/q+1;;/p-2. The lowest BCUT2D eigenvalue weighted by Crippen LogP contribution is -3.00. The lowest BCUT2D eigenvalue weighted by molar-refractivity contribution is -0.923. The van der Waals surface area contributed by atoms with Crippen LogP contribution >= 0.6 is 0 Å². The Balaban J connectivity index is 0. The van der Waals surface area contributed by atoms with Crippen LogP contribution in [-0.2, 0) is 0 Å². The molecule has 0 spiro atoms. The maximum atomic E-state index is 10.0. The zero-order chi connectivity index (χ0) is 15.4. The Bertz CT molecular complexity index is 247. The van der Waals surface area contributed by atoms with E-state index in [0.717, 1.165) is 56.3 Å². The quantitative estimate of drug-likeness (QED) is 0.539. The minimum Gasteiger partial charge on any atom is -1.00 e. The van der Waals surface area contributed by atoms with Crippen molar-refractivity contribution in [3.05, 3.63) is 0 Å². The van der Waals surface area contributed by atoms with Crippen molar-refractivity contribution in [2.24, 2.45) is 0 Å². The second-order valence-corrected chi connectivity index (χ2v) is 5.50. The van der Waals surface area contributed by atoms with Gasteiger partial charge in [0.2, 0.25) is 0 Å². The number of carboxylic acid groups (broad SMARTS) is 1. The van der Waals surface area contributed by atoms with Crippen LogP contribution in [0.25, 0.3) is 0 Å². The summed E-state index contributed by atoms with van der Waals surface area (Å²) in [4.78, 5) is 10.0. The zero-order valence-electron chi connectivity index (χ0n) is 13.7. The molecule has 1 fully saturated rings. The molecule has 0 aromatic rings. The fraction of sp³-hybridized carbons (Fsp3) is 0.933. The van der Waals surface area contributed by atoms with Crippen molar-refractivity contribution >= 4 is 6.09 Å². The predicted molar refractivity (Wildman–Crippen MR) is 79.2 cm³/mol. The van der Waals surface area contributed by atoms with E-state index in [1.165, 1.54) is 6.42 Å². The fourth-order valence-electron chi connectivity index (χ4n) is 2.77. The van der Waals surface area contributed by atoms with Crippen molar-refractivity contribution < 1.29 is 36.5 Å². The van der Waals surface area contributed by atoms with E-state index < -0.39 is 6.09 Å². The highest BCUT2D eigenvalue weighted by atomic mass is 79.9. The number of likely N-dealkylation sites (N-methyl/N-ethyl adjacent to an activating group) is 1. The molecule has 21 heavy (non-hydrogen) atoms. The molecule has 0 aromatic heterocycles. The number of aliphatic hydroxyl groups is 1. The smallest absolute Gasteiger partial charge is 0.134 e. The normalized spacial score (nSPS) is 15.4. The largest absolute Gasteiger partial charge is 1.00 e. The minimum atomic E-state index is -1.13. The predicted octanol–water partition coefficient (Wildman–Crippen LogP) is -1.89. The molecule has 0 radical (unpaired) electrons. The lowest BCUT2D eigenvalue weighted by Gasteiger charge is -2.34. The SMILES string of the molecule is CC[N+](CC)(CC)CCO.O=C([O-])NC1CCCCC1.[Br-]. The van der Waals surface area contributed by atoms with Crippen LogP contribution in [-0.4, -0.2) is 54.5 Å². The average molecular weight is 368 g/mol. The van der Waals surface area contributed by atoms with E-state index in [9.17, 15) is 9.90 Å². The molecule has 0 saturated heterocycles. The third kappa shape index (κ3) is 10.1. The van der Waals surface area contributed by atoms with Crippen LogP contribution in [0.1, 0.15) is 52.9 Å². The highest BCUT2D eigenvalue weighted by molar-refractivity contribution is 5.62. The number of nitrogens with one attached hydrogen (secondary N) is 1. The first-order chi connectivity index (χ1) is 9.53. The van der Waals surface area contributed by atoms with Crippen molar-refractivity contribution in [2.75, 3.05) is 32.8 Å². The first-order valence-electron chi connectivity index (χ1n) is 7.97. The van der Waals surface area contributed by atoms with Crippen LogP contribution in [0.4, 0.5) is 4.79 Å². The topological polar surface area (TPSA) is 72.4 Å². The molecule has 1 aliphatic rings. The number of hydrogen-bond acceptors (Lipinski definition) is 3. The van der Waals surface area contributed by atoms with E-state index >= 15 is 0 Å². The molecule has 5 nitrogen and oxygen atoms in total. The molecule has 0 aromatic carbocycles. The van der Waals surface area contributed by atoms with Crippen LogP contribution in [0.2, 0.25) is 0 Å². The lowest BCUT2D eigenvalue weighted by atomic mass is 9.96. The second kappa shape index (κ2) is 13.3. The summed E-state index contributed by atoms with van der Waals surface area (Å²) in [7, 11) is 0. The Hall–Kier alpha value is -0.330. The van der Waals surface area contributed by atoms with Gasteiger partial charge in [-0.15, -0.1) is 0 Å². The van der Waals surface area contributed by atoms with Crippen LogP contribution in [0.5, 0.6) is 0 Å². The third-order valence-corrected chi connectivity index (χ3v) is 4.51. The van der Waals surface area contributed by atoms with Crippen molar-refractivity contribution in [1.82, 2.24) is 5.32 Å². The highest BCUT2D eigenvalue weighted by Crippen LogP contribution is 2.16. The second-order valence-electron chi connectivity index (χ2n) is 5.50. The number of rotatable bonds is 6. The monoisotopic (exact) mass is 367 g/mol. The number of nitrogens with zero attached hydrogens (tertiary/aromatic N) is 1. The van der Waals surface area contributed by atoms with E-state index in [0.29, 0.717) is 6.61 Å². The number of carbonyl (C=O) groups is 1. The zero-order valence-corrected chi connectivity index (χ0v) is 15.3. The van der Waals surface area contributed by atoms with Crippen LogP contribution in [0.3, 0.4) is 0 Å². The summed E-state index contributed by atoms with van der Waals surface area (Å²) in [5.74, 6) is 0. The minimum absolute atomic E-state index is 0. The Labute approximate surface area is 140 Å². The molecule has 1 saturated carbocycles. The van der Waals surface area contributed by atoms with Crippen molar-refractivity contribution in [2.45, 2.75) is 58.9 Å². The molecule has 1 amide bonds. The Morgan fingerprint density at radius 1 is 1.14 bits per heavy atom. The number of quaternary nitrogens is 1. The van der Waals surface area contributed by atoms with Gasteiger partial charge in [0.05, 0.1) is 26.2 Å². The molecule has 0 unspecified atom stereocenters. The Morgan fingerprint density at radius 2 is 1.62 bits per heavy atom. The summed E-state index contributed by atoms with van der Waals surface area (Å²) < 4.78 is 1.05. The molecule has 128 valence electrons. The molecule has 0 heterocycles. The maximum Gasteiger partial charge on any atom is 0.134 e. The summed E-state index contributed by atoms with van der Waals surface area (Å²) in [6.45, 7) is 11.2. The number of aliphatic hydroxyl groups excluding tert-OH is 1. The first-order valence-corrected chi connectivity index (χ1v) is 7.97. The molecule has 0 bridgehead atoms. The van der Waals surface area contributed by atoms with Gasteiger partial charge in [0, 0.05) is 6.04 Å². The molecule has 0 aliphatic heterocycles. The van der Waals surface area contributed by atoms with Gasteiger partial charge in [0.1, 0.15) is 12.6 Å². The van der Waals surface area contributed by atoms with E-state index in [1.807, 2.05) is 0 Å². The van der Waals surface area contributed by atoms with Crippen LogP contribution in [0, 0.1) is 0 Å². The van der Waals surface area contributed by atoms with Crippen molar-refractivity contribution in [1.29, 1.82) is 0 Å². The highest BCUT2D eigenvalue weighted by Gasteiger charge is 2.18. The number of carbonyl (C=O) groups excluding carboxylic acids is 1. The van der Waals surface area contributed by atoms with Crippen molar-refractivity contribution in [3.63, 3.8) is 0 Å². The first kappa shape index (κ1) is 22.9. The van der Waals surface area contributed by atoms with Gasteiger partial charge in [-0.25, -0.2) is 0 Å². The van der Waals surface area contributed by atoms with Crippen molar-refractivity contribution in [3.8, 4) is 0 Å². The summed E-state index contributed by atoms with van der Waals surface area (Å²) in [6, 6.07) is 0.166. The van der Waals surface area contributed by atoms with Gasteiger partial charge in [-0.05, 0) is 33.6 Å². The molecule has 0 atom stereocenters. The Kier molecular flexibility index (Phi) is 14.6. The summed E-state index contributed by atoms with van der Waals surface area (Å²) in [6.07, 6.45) is 4.36. The van der Waals surface area contributed by atoms with Crippen LogP contribution in [0.15, 0.2) is 0 Å². The van der Waals surface area contributed by atoms with Gasteiger partial charge in [0.25, 0.3) is 0 Å². The van der Waals surface area contributed by atoms with Crippen LogP contribution < -0.4 is 27.4 Å². The third-order valence-electron chi connectivity index (χ3n) is 4.51. The summed E-state index contributed by atoms with van der Waals surface area (Å²) in [5, 5.41) is 21.2. The number of halogens is 1. The summed E-state index contributed by atoms with van der Waals surface area (Å²) >= 11 is 0. The maximum absolute atomic E-state index is 10.0. The number of hydrogen-bond donors (Lipinski definition) is 2. The molecule has 2 N–H and O–H groups in total. The van der Waals surface area contributed by atoms with E-state index in [2.05, 4.69) is 26.1 Å². The fourth-order valence-corrected chi connectivity index (χ4v) is 2.77. The van der Waals surface area contributed by atoms with Gasteiger partial charge in [-0.1, -0.05) is 19.3 Å². The molecule has 1 aliphatic carbocycles. The number of amides is 1. The molecule has 6 heteroatoms. The van der Waals surface area contributed by atoms with Gasteiger partial charge in [-0.3, -0.25) is 0 Å². The Morgan fingerprint density at radius 3 is 1.90 bits per heavy atom. The molecule has 1 rings (SSSR count). The van der Waals surface area contributed by atoms with Gasteiger partial charge in [-0.2, -0.15) is 0 Å². The summed E-state index contributed by atoms with van der Waals surface area (Å²) in [5.41, 5.74) is 0. The van der Waals surface area contributed by atoms with E-state index in [4.69, 9.17) is 5.11 Å². The molecular formula is C15H32BrN2O3-. The van der Waals surface area contributed by atoms with Gasteiger partial charge < -0.3 is 41.8 Å². The average Bonchev–Trinajstić information content (AvgIpc) is 2.46.